The van der Waals surface area contributed by atoms with Gasteiger partial charge in [0.2, 0.25) is 0 Å². The summed E-state index contributed by atoms with van der Waals surface area (Å²) in [4.78, 5) is 9.87. The van der Waals surface area contributed by atoms with E-state index in [1.54, 1.807) is 6.07 Å². The molecule has 0 amide bonds. The van der Waals surface area contributed by atoms with Crippen LogP contribution in [0, 0.1) is 22.9 Å². The van der Waals surface area contributed by atoms with Crippen molar-refractivity contribution in [3.05, 3.63) is 69.5 Å². The van der Waals surface area contributed by atoms with Gasteiger partial charge in [0.05, 0.1) is 22.8 Å². The van der Waals surface area contributed by atoms with Crippen LogP contribution in [-0.4, -0.2) is 16.6 Å². The van der Waals surface area contributed by atoms with Gasteiger partial charge < -0.3 is 10.4 Å². The molecular formula is C15H15FN2O3. The molecule has 0 aliphatic heterocycles. The van der Waals surface area contributed by atoms with Crippen LogP contribution in [0.4, 0.5) is 15.8 Å². The molecule has 21 heavy (non-hydrogen) atoms. The molecule has 0 saturated heterocycles. The molecule has 2 aromatic carbocycles. The zero-order valence-electron chi connectivity index (χ0n) is 11.4. The second kappa shape index (κ2) is 6.32. The number of non-ortho nitro benzene ring substituents is 1. The Hall–Kier alpha value is -2.47. The molecule has 2 aromatic rings. The predicted octanol–water partition coefficient (Wildman–Crippen LogP) is 3.19. The first-order chi connectivity index (χ1) is 9.97. The summed E-state index contributed by atoms with van der Waals surface area (Å²) in [5.41, 5.74) is 1.56. The summed E-state index contributed by atoms with van der Waals surface area (Å²) in [6, 6.07) is 10.7. The molecule has 0 aromatic heterocycles. The van der Waals surface area contributed by atoms with Crippen LogP contribution in [-0.2, 0) is 0 Å². The number of nitrogens with zero attached hydrogens (tertiary/aromatic N) is 1. The highest BCUT2D eigenvalue weighted by atomic mass is 19.1. The van der Waals surface area contributed by atoms with Crippen LogP contribution < -0.4 is 5.32 Å². The Morgan fingerprint density at radius 3 is 2.71 bits per heavy atom. The topological polar surface area (TPSA) is 75.4 Å². The van der Waals surface area contributed by atoms with E-state index in [-0.39, 0.29) is 17.9 Å². The van der Waals surface area contributed by atoms with Gasteiger partial charge in [0, 0.05) is 12.6 Å². The van der Waals surface area contributed by atoms with Crippen LogP contribution in [0.2, 0.25) is 0 Å². The van der Waals surface area contributed by atoms with Gasteiger partial charge in [-0.2, -0.15) is 0 Å². The number of halogens is 1. The number of aliphatic hydroxyl groups excluding tert-OH is 1. The maximum atomic E-state index is 13.7. The maximum Gasteiger partial charge on any atom is 0.272 e. The third kappa shape index (κ3) is 3.76. The van der Waals surface area contributed by atoms with E-state index >= 15 is 0 Å². The molecule has 6 heteroatoms. The number of hydrogen-bond acceptors (Lipinski definition) is 4. The normalized spacial score (nSPS) is 12.0. The number of benzene rings is 2. The summed E-state index contributed by atoms with van der Waals surface area (Å²) < 4.78 is 13.7. The SMILES string of the molecule is Cc1cccc(C(O)CNc2ccc([N+](=O)[O-])cc2F)c1. The third-order valence-corrected chi connectivity index (χ3v) is 3.08. The van der Waals surface area contributed by atoms with Gasteiger partial charge in [-0.15, -0.1) is 0 Å². The summed E-state index contributed by atoms with van der Waals surface area (Å²) in [6.45, 7) is 2.03. The summed E-state index contributed by atoms with van der Waals surface area (Å²) in [6.07, 6.45) is -0.792. The number of nitro groups is 1. The highest BCUT2D eigenvalue weighted by molar-refractivity contribution is 5.50. The molecule has 0 bridgehead atoms. The minimum absolute atomic E-state index is 0.109. The van der Waals surface area contributed by atoms with E-state index in [0.717, 1.165) is 17.2 Å². The number of rotatable bonds is 5. The minimum atomic E-state index is -0.792. The van der Waals surface area contributed by atoms with Gasteiger partial charge in [0.25, 0.3) is 5.69 Å². The summed E-state index contributed by atoms with van der Waals surface area (Å²) in [5.74, 6) is -0.722. The fourth-order valence-electron chi connectivity index (χ4n) is 1.96. The average molecular weight is 290 g/mol. The second-order valence-corrected chi connectivity index (χ2v) is 4.73. The zero-order chi connectivity index (χ0) is 15.4. The third-order valence-electron chi connectivity index (χ3n) is 3.08. The summed E-state index contributed by atoms with van der Waals surface area (Å²) in [5, 5.41) is 23.3. The van der Waals surface area contributed by atoms with Crippen molar-refractivity contribution in [2.24, 2.45) is 0 Å². The van der Waals surface area contributed by atoms with E-state index in [4.69, 9.17) is 0 Å². The van der Waals surface area contributed by atoms with Crippen molar-refractivity contribution >= 4 is 11.4 Å². The molecule has 2 rings (SSSR count). The van der Waals surface area contributed by atoms with E-state index in [9.17, 15) is 19.6 Å². The van der Waals surface area contributed by atoms with Gasteiger partial charge in [-0.3, -0.25) is 10.1 Å². The Labute approximate surface area is 121 Å². The Balaban J connectivity index is 2.04. The van der Waals surface area contributed by atoms with Crippen LogP contribution in [0.25, 0.3) is 0 Å². The van der Waals surface area contributed by atoms with Gasteiger partial charge in [0.15, 0.2) is 5.82 Å². The van der Waals surface area contributed by atoms with Crippen molar-refractivity contribution in [2.75, 3.05) is 11.9 Å². The van der Waals surface area contributed by atoms with Crippen molar-refractivity contribution in [1.82, 2.24) is 0 Å². The van der Waals surface area contributed by atoms with Crippen molar-refractivity contribution in [1.29, 1.82) is 0 Å². The van der Waals surface area contributed by atoms with Crippen LogP contribution in [0.15, 0.2) is 42.5 Å². The lowest BCUT2D eigenvalue weighted by molar-refractivity contribution is -0.385. The van der Waals surface area contributed by atoms with Crippen LogP contribution in [0.1, 0.15) is 17.2 Å². The first-order valence-corrected chi connectivity index (χ1v) is 6.40. The van der Waals surface area contributed by atoms with Crippen LogP contribution in [0.3, 0.4) is 0 Å². The fourth-order valence-corrected chi connectivity index (χ4v) is 1.96. The Bertz CT molecular complexity index is 661. The van der Waals surface area contributed by atoms with Crippen molar-refractivity contribution in [2.45, 2.75) is 13.0 Å². The number of anilines is 1. The highest BCUT2D eigenvalue weighted by Gasteiger charge is 2.12. The molecule has 0 spiro atoms. The molecular weight excluding hydrogens is 275 g/mol. The minimum Gasteiger partial charge on any atom is -0.387 e. The number of nitrogens with one attached hydrogen (secondary N) is 1. The first kappa shape index (κ1) is 14.9. The monoisotopic (exact) mass is 290 g/mol. The molecule has 0 fully saturated rings. The lowest BCUT2D eigenvalue weighted by atomic mass is 10.1. The Morgan fingerprint density at radius 2 is 2.10 bits per heavy atom. The van der Waals surface area contributed by atoms with Crippen LogP contribution >= 0.6 is 0 Å². The quantitative estimate of drug-likeness (QED) is 0.655. The molecule has 110 valence electrons. The molecule has 0 aliphatic carbocycles. The highest BCUT2D eigenvalue weighted by Crippen LogP contribution is 2.22. The number of hydrogen-bond donors (Lipinski definition) is 2. The van der Waals surface area contributed by atoms with Crippen molar-refractivity contribution in [3.63, 3.8) is 0 Å². The Morgan fingerprint density at radius 1 is 1.33 bits per heavy atom. The summed E-state index contributed by atoms with van der Waals surface area (Å²) >= 11 is 0. The smallest absolute Gasteiger partial charge is 0.272 e. The van der Waals surface area contributed by atoms with Gasteiger partial charge in [-0.1, -0.05) is 29.8 Å². The molecule has 0 radical (unpaired) electrons. The molecule has 0 heterocycles. The standard InChI is InChI=1S/C15H15FN2O3/c1-10-3-2-4-11(7-10)15(19)9-17-14-6-5-12(18(20)21)8-13(14)16/h2-8,15,17,19H,9H2,1H3. The molecule has 0 saturated carbocycles. The summed E-state index contributed by atoms with van der Waals surface area (Å²) in [7, 11) is 0. The van der Waals surface area contributed by atoms with Gasteiger partial charge in [0.1, 0.15) is 0 Å². The number of nitro benzene ring substituents is 1. The average Bonchev–Trinajstić information content (AvgIpc) is 2.45. The lowest BCUT2D eigenvalue weighted by Gasteiger charge is -2.14. The van der Waals surface area contributed by atoms with E-state index in [1.165, 1.54) is 12.1 Å². The number of aryl methyl sites for hydroxylation is 1. The molecule has 2 N–H and O–H groups in total. The molecule has 5 nitrogen and oxygen atoms in total. The fraction of sp³-hybridized carbons (Fsp3) is 0.200. The lowest BCUT2D eigenvalue weighted by Crippen LogP contribution is -2.13. The van der Waals surface area contributed by atoms with Crippen LogP contribution in [0.5, 0.6) is 0 Å². The van der Waals surface area contributed by atoms with E-state index in [2.05, 4.69) is 5.32 Å². The van der Waals surface area contributed by atoms with Crippen molar-refractivity contribution < 1.29 is 14.4 Å². The molecule has 0 aliphatic rings. The zero-order valence-corrected chi connectivity index (χ0v) is 11.4. The van der Waals surface area contributed by atoms with Gasteiger partial charge in [-0.25, -0.2) is 4.39 Å². The van der Waals surface area contributed by atoms with Gasteiger partial charge in [-0.05, 0) is 18.6 Å². The first-order valence-electron chi connectivity index (χ1n) is 6.40. The molecule has 1 unspecified atom stereocenters. The maximum absolute atomic E-state index is 13.7. The second-order valence-electron chi connectivity index (χ2n) is 4.73. The predicted molar refractivity (Wildman–Crippen MR) is 77.7 cm³/mol. The Kier molecular flexibility index (Phi) is 4.49. The van der Waals surface area contributed by atoms with Crippen molar-refractivity contribution in [3.8, 4) is 0 Å². The largest absolute Gasteiger partial charge is 0.387 e. The molecule has 1 atom stereocenters. The number of aliphatic hydroxyl groups is 1. The van der Waals surface area contributed by atoms with E-state index in [0.29, 0.717) is 0 Å². The van der Waals surface area contributed by atoms with E-state index in [1.807, 2.05) is 25.1 Å². The van der Waals surface area contributed by atoms with E-state index < -0.39 is 16.8 Å². The van der Waals surface area contributed by atoms with Gasteiger partial charge >= 0.3 is 0 Å².